The highest BCUT2D eigenvalue weighted by molar-refractivity contribution is 8.00. The molecule has 2 aromatic rings. The lowest BCUT2D eigenvalue weighted by Crippen LogP contribution is -2.08. The number of amides is 1. The van der Waals surface area contributed by atoms with Crippen LogP contribution < -0.4 is 5.32 Å². The maximum absolute atomic E-state index is 12.3. The fourth-order valence-electron chi connectivity index (χ4n) is 1.94. The van der Waals surface area contributed by atoms with Crippen molar-refractivity contribution in [2.75, 3.05) is 11.1 Å². The predicted octanol–water partition coefficient (Wildman–Crippen LogP) is 4.55. The quantitative estimate of drug-likeness (QED) is 0.398. The Bertz CT molecular complexity index is 883. The molecule has 0 fully saturated rings. The van der Waals surface area contributed by atoms with Crippen molar-refractivity contribution in [1.82, 2.24) is 0 Å². The number of carboxylic acid groups (broad SMARTS) is 1. The molecular weight excluding hydrogens is 397 g/mol. The van der Waals surface area contributed by atoms with Crippen LogP contribution in [0.2, 0.25) is 10.0 Å². The third-order valence-electron chi connectivity index (χ3n) is 3.08. The van der Waals surface area contributed by atoms with E-state index in [-0.39, 0.29) is 11.5 Å². The number of hydrogen-bond acceptors (Lipinski definition) is 4. The fraction of sp³-hybridized carbons (Fsp3) is 0.0556. The molecular formula is C18H13Cl2NO4S. The second kappa shape index (κ2) is 9.43. The summed E-state index contributed by atoms with van der Waals surface area (Å²) < 4.78 is 0. The van der Waals surface area contributed by atoms with E-state index in [9.17, 15) is 14.4 Å². The smallest absolute Gasteiger partial charge is 0.328 e. The Balaban J connectivity index is 1.99. The highest BCUT2D eigenvalue weighted by atomic mass is 35.5. The van der Waals surface area contributed by atoms with Gasteiger partial charge in [-0.15, -0.1) is 11.8 Å². The van der Waals surface area contributed by atoms with Gasteiger partial charge in [-0.2, -0.15) is 0 Å². The van der Waals surface area contributed by atoms with Gasteiger partial charge in [-0.1, -0.05) is 29.3 Å². The lowest BCUT2D eigenvalue weighted by molar-refractivity contribution is -0.131. The first-order valence-electron chi connectivity index (χ1n) is 7.28. The molecule has 0 spiro atoms. The maximum atomic E-state index is 12.3. The van der Waals surface area contributed by atoms with Crippen LogP contribution in [0.3, 0.4) is 0 Å². The van der Waals surface area contributed by atoms with E-state index in [1.807, 2.05) is 0 Å². The molecule has 2 rings (SSSR count). The summed E-state index contributed by atoms with van der Waals surface area (Å²) in [7, 11) is 0. The minimum atomic E-state index is -1.20. The number of nitrogens with one attached hydrogen (secondary N) is 1. The summed E-state index contributed by atoms with van der Waals surface area (Å²) in [4.78, 5) is 35.0. The summed E-state index contributed by atoms with van der Waals surface area (Å²) in [5.41, 5.74) is 0.888. The number of thioether (sulfide) groups is 1. The van der Waals surface area contributed by atoms with Crippen LogP contribution in [0, 0.1) is 0 Å². The number of aliphatic carboxylic acids is 1. The first kappa shape index (κ1) is 20.0. The van der Waals surface area contributed by atoms with Crippen LogP contribution in [0.5, 0.6) is 0 Å². The van der Waals surface area contributed by atoms with E-state index in [0.29, 0.717) is 21.3 Å². The monoisotopic (exact) mass is 409 g/mol. The Morgan fingerprint density at radius 1 is 1.08 bits per heavy atom. The number of carboxylic acids is 1. The third-order valence-corrected chi connectivity index (χ3v) is 4.62. The molecule has 0 aromatic heterocycles. The second-order valence-corrected chi connectivity index (χ2v) is 6.92. The van der Waals surface area contributed by atoms with Gasteiger partial charge in [-0.3, -0.25) is 9.59 Å². The van der Waals surface area contributed by atoms with Gasteiger partial charge in [0.1, 0.15) is 0 Å². The molecule has 2 aromatic carbocycles. The molecule has 1 amide bonds. The van der Waals surface area contributed by atoms with Crippen molar-refractivity contribution < 1.29 is 19.5 Å². The van der Waals surface area contributed by atoms with Crippen molar-refractivity contribution in [3.05, 3.63) is 70.2 Å². The molecule has 0 radical (unpaired) electrons. The van der Waals surface area contributed by atoms with E-state index < -0.39 is 11.9 Å². The Kier molecular flexibility index (Phi) is 7.26. The molecule has 0 aliphatic carbocycles. The molecule has 0 aliphatic rings. The number of Topliss-reactive ketones (excluding diaryl/α,β-unsaturated/α-hetero) is 1. The van der Waals surface area contributed by atoms with Gasteiger partial charge >= 0.3 is 5.97 Å². The molecule has 0 unspecified atom stereocenters. The summed E-state index contributed by atoms with van der Waals surface area (Å²) in [6.45, 7) is 0. The van der Waals surface area contributed by atoms with E-state index in [1.54, 1.807) is 36.4 Å². The molecule has 0 aliphatic heterocycles. The van der Waals surface area contributed by atoms with Crippen LogP contribution in [-0.2, 0) is 9.59 Å². The molecule has 0 atom stereocenters. The summed E-state index contributed by atoms with van der Waals surface area (Å²) in [6.07, 6.45) is 1.68. The van der Waals surface area contributed by atoms with E-state index >= 15 is 0 Å². The molecule has 0 bridgehead atoms. The zero-order chi connectivity index (χ0) is 19.1. The van der Waals surface area contributed by atoms with Gasteiger partial charge in [-0.25, -0.2) is 4.79 Å². The molecule has 5 nitrogen and oxygen atoms in total. The van der Waals surface area contributed by atoms with E-state index in [4.69, 9.17) is 28.3 Å². The molecule has 2 N–H and O–H groups in total. The van der Waals surface area contributed by atoms with Crippen LogP contribution in [0.15, 0.2) is 59.5 Å². The van der Waals surface area contributed by atoms with Gasteiger partial charge in [0.05, 0.1) is 10.8 Å². The zero-order valence-corrected chi connectivity index (χ0v) is 15.6. The summed E-state index contributed by atoms with van der Waals surface area (Å²) >= 11 is 13.1. The van der Waals surface area contributed by atoms with Crippen LogP contribution in [0.1, 0.15) is 10.4 Å². The number of hydrogen-bond donors (Lipinski definition) is 2. The summed E-state index contributed by atoms with van der Waals surface area (Å²) in [5, 5.41) is 11.8. The Morgan fingerprint density at radius 2 is 1.85 bits per heavy atom. The zero-order valence-electron chi connectivity index (χ0n) is 13.2. The highest BCUT2D eigenvalue weighted by Gasteiger charge is 2.11. The Labute approximate surface area is 164 Å². The van der Waals surface area contributed by atoms with Gasteiger partial charge in [-0.05, 0) is 36.4 Å². The van der Waals surface area contributed by atoms with Crippen molar-refractivity contribution in [2.45, 2.75) is 4.90 Å². The normalized spacial score (nSPS) is 10.7. The minimum Gasteiger partial charge on any atom is -0.478 e. The van der Waals surface area contributed by atoms with Crippen molar-refractivity contribution in [3.8, 4) is 0 Å². The van der Waals surface area contributed by atoms with Crippen molar-refractivity contribution in [1.29, 1.82) is 0 Å². The number of benzene rings is 2. The first-order chi connectivity index (χ1) is 12.3. The lowest BCUT2D eigenvalue weighted by Gasteiger charge is -2.07. The van der Waals surface area contributed by atoms with Crippen molar-refractivity contribution in [2.24, 2.45) is 0 Å². The molecule has 0 saturated carbocycles. The number of anilines is 1. The second-order valence-electron chi connectivity index (χ2n) is 5.02. The molecule has 26 heavy (non-hydrogen) atoms. The molecule has 8 heteroatoms. The summed E-state index contributed by atoms with van der Waals surface area (Å²) in [5.74, 6) is -1.74. The number of ketones is 1. The van der Waals surface area contributed by atoms with Gasteiger partial charge < -0.3 is 10.4 Å². The van der Waals surface area contributed by atoms with Crippen LogP contribution >= 0.6 is 35.0 Å². The molecule has 134 valence electrons. The van der Waals surface area contributed by atoms with Gasteiger partial charge in [0.15, 0.2) is 5.78 Å². The Morgan fingerprint density at radius 3 is 2.54 bits per heavy atom. The standard InChI is InChI=1S/C18H13Cl2NO4S/c19-11-4-5-14(15(20)8-11)16(22)10-26-13-3-1-2-12(9-13)21-17(23)6-7-18(24)25/h1-9H,10H2,(H,21,23)(H,24,25)/b7-6+. The van der Waals surface area contributed by atoms with Gasteiger partial charge in [0, 0.05) is 33.3 Å². The minimum absolute atomic E-state index is 0.143. The van der Waals surface area contributed by atoms with Crippen LogP contribution in [0.25, 0.3) is 0 Å². The maximum Gasteiger partial charge on any atom is 0.328 e. The van der Waals surface area contributed by atoms with E-state index in [1.165, 1.54) is 17.8 Å². The first-order valence-corrected chi connectivity index (χ1v) is 9.02. The van der Waals surface area contributed by atoms with Gasteiger partial charge in [0.2, 0.25) is 5.91 Å². The van der Waals surface area contributed by atoms with Gasteiger partial charge in [0.25, 0.3) is 0 Å². The molecule has 0 heterocycles. The van der Waals surface area contributed by atoms with Crippen molar-refractivity contribution >= 4 is 58.3 Å². The number of halogens is 2. The molecule has 0 saturated heterocycles. The number of rotatable bonds is 7. The SMILES string of the molecule is O=C(O)/C=C/C(=O)Nc1cccc(SCC(=O)c2ccc(Cl)cc2Cl)c1. The van der Waals surface area contributed by atoms with Crippen LogP contribution in [-0.4, -0.2) is 28.5 Å². The topological polar surface area (TPSA) is 83.5 Å². The van der Waals surface area contributed by atoms with E-state index in [2.05, 4.69) is 5.32 Å². The number of carbonyl (C=O) groups excluding carboxylic acids is 2. The largest absolute Gasteiger partial charge is 0.478 e. The van der Waals surface area contributed by atoms with E-state index in [0.717, 1.165) is 17.0 Å². The number of carbonyl (C=O) groups is 3. The van der Waals surface area contributed by atoms with Crippen LogP contribution in [0.4, 0.5) is 5.69 Å². The Hall–Kier alpha value is -2.28. The average molecular weight is 410 g/mol. The highest BCUT2D eigenvalue weighted by Crippen LogP contribution is 2.26. The average Bonchev–Trinajstić information content (AvgIpc) is 2.58. The van der Waals surface area contributed by atoms with Crippen molar-refractivity contribution in [3.63, 3.8) is 0 Å². The summed E-state index contributed by atoms with van der Waals surface area (Å²) in [6, 6.07) is 11.6. The predicted molar refractivity (Wildman–Crippen MR) is 103 cm³/mol. The third kappa shape index (κ3) is 6.22. The fourth-order valence-corrected chi connectivity index (χ4v) is 3.29. The lowest BCUT2D eigenvalue weighted by atomic mass is 10.1.